The maximum absolute atomic E-state index is 5.43. The Morgan fingerprint density at radius 1 is 1.67 bits per heavy atom. The Kier molecular flexibility index (Phi) is 4.54. The lowest BCUT2D eigenvalue weighted by atomic mass is 10.1. The number of hydrogen-bond donors (Lipinski definition) is 0. The molecule has 0 aromatic carbocycles. The van der Waals surface area contributed by atoms with E-state index in [1.165, 1.54) is 6.42 Å². The first kappa shape index (κ1) is 10.5. The molecule has 0 radical (unpaired) electrons. The van der Waals surface area contributed by atoms with Crippen LogP contribution in [-0.2, 0) is 4.74 Å². The van der Waals surface area contributed by atoms with Crippen LogP contribution in [-0.4, -0.2) is 42.1 Å². The summed E-state index contributed by atoms with van der Waals surface area (Å²) in [5.74, 6) is 0. The molecular formula is C9H18BrNO. The molecule has 1 aliphatic rings. The summed E-state index contributed by atoms with van der Waals surface area (Å²) in [6, 6.07) is 1.27. The average molecular weight is 236 g/mol. The smallest absolute Gasteiger partial charge is 0.0630 e. The van der Waals surface area contributed by atoms with Crippen LogP contribution in [0.4, 0.5) is 0 Å². The topological polar surface area (TPSA) is 12.5 Å². The summed E-state index contributed by atoms with van der Waals surface area (Å²) in [6.07, 6.45) is 1.23. The summed E-state index contributed by atoms with van der Waals surface area (Å²) >= 11 is 3.53. The molecule has 0 aromatic rings. The van der Waals surface area contributed by atoms with E-state index in [9.17, 15) is 0 Å². The van der Waals surface area contributed by atoms with Crippen LogP contribution in [0.2, 0.25) is 0 Å². The summed E-state index contributed by atoms with van der Waals surface area (Å²) in [7, 11) is 0. The van der Waals surface area contributed by atoms with Crippen molar-refractivity contribution < 1.29 is 4.74 Å². The van der Waals surface area contributed by atoms with Crippen molar-refractivity contribution in [2.45, 2.75) is 32.4 Å². The molecule has 1 saturated heterocycles. The number of morpholine rings is 1. The van der Waals surface area contributed by atoms with Crippen LogP contribution in [0.3, 0.4) is 0 Å². The Hall–Kier alpha value is 0.400. The second-order valence-electron chi connectivity index (χ2n) is 3.38. The van der Waals surface area contributed by atoms with Gasteiger partial charge in [-0.1, -0.05) is 22.9 Å². The highest BCUT2D eigenvalue weighted by molar-refractivity contribution is 9.09. The van der Waals surface area contributed by atoms with Crippen molar-refractivity contribution in [2.75, 3.05) is 25.1 Å². The predicted molar refractivity (Wildman–Crippen MR) is 54.9 cm³/mol. The first-order valence-corrected chi connectivity index (χ1v) is 5.81. The predicted octanol–water partition coefficient (Wildman–Crippen LogP) is 1.88. The molecule has 0 saturated carbocycles. The fourth-order valence-electron chi connectivity index (χ4n) is 1.62. The van der Waals surface area contributed by atoms with Gasteiger partial charge in [-0.2, -0.15) is 0 Å². The molecule has 1 rings (SSSR count). The normalized spacial score (nSPS) is 28.8. The molecule has 2 unspecified atom stereocenters. The van der Waals surface area contributed by atoms with Crippen LogP contribution in [0, 0.1) is 0 Å². The molecule has 1 fully saturated rings. The number of ether oxygens (including phenoxy) is 1. The Bertz CT molecular complexity index is 132. The van der Waals surface area contributed by atoms with Crippen LogP contribution in [0.5, 0.6) is 0 Å². The summed E-state index contributed by atoms with van der Waals surface area (Å²) in [6.45, 7) is 7.40. The first-order valence-electron chi connectivity index (χ1n) is 4.69. The van der Waals surface area contributed by atoms with E-state index in [2.05, 4.69) is 34.7 Å². The van der Waals surface area contributed by atoms with E-state index in [0.717, 1.165) is 25.1 Å². The maximum atomic E-state index is 5.43. The Morgan fingerprint density at radius 3 is 3.00 bits per heavy atom. The summed E-state index contributed by atoms with van der Waals surface area (Å²) in [5, 5.41) is 1.03. The third-order valence-corrected chi connectivity index (χ3v) is 3.36. The van der Waals surface area contributed by atoms with Crippen molar-refractivity contribution >= 4 is 15.9 Å². The van der Waals surface area contributed by atoms with Gasteiger partial charge in [0.1, 0.15) is 0 Å². The van der Waals surface area contributed by atoms with E-state index >= 15 is 0 Å². The SMILES string of the molecule is CCC(C)N1CCOCC1CBr. The lowest BCUT2D eigenvalue weighted by Gasteiger charge is -2.38. The number of rotatable bonds is 3. The fraction of sp³-hybridized carbons (Fsp3) is 1.00. The van der Waals surface area contributed by atoms with Crippen molar-refractivity contribution in [3.05, 3.63) is 0 Å². The van der Waals surface area contributed by atoms with Gasteiger partial charge in [0.25, 0.3) is 0 Å². The molecule has 2 nitrogen and oxygen atoms in total. The van der Waals surface area contributed by atoms with Gasteiger partial charge in [-0.15, -0.1) is 0 Å². The largest absolute Gasteiger partial charge is 0.378 e. The lowest BCUT2D eigenvalue weighted by molar-refractivity contribution is -0.0168. The van der Waals surface area contributed by atoms with Gasteiger partial charge >= 0.3 is 0 Å². The molecule has 0 amide bonds. The molecule has 1 aliphatic heterocycles. The average Bonchev–Trinajstić information content (AvgIpc) is 2.16. The highest BCUT2D eigenvalue weighted by Gasteiger charge is 2.24. The Labute approximate surface area is 83.4 Å². The van der Waals surface area contributed by atoms with E-state index in [1.807, 2.05) is 0 Å². The maximum Gasteiger partial charge on any atom is 0.0630 e. The molecule has 0 spiro atoms. The van der Waals surface area contributed by atoms with Crippen LogP contribution in [0.1, 0.15) is 20.3 Å². The number of alkyl halides is 1. The Morgan fingerprint density at radius 2 is 2.42 bits per heavy atom. The van der Waals surface area contributed by atoms with Gasteiger partial charge in [-0.3, -0.25) is 4.90 Å². The van der Waals surface area contributed by atoms with Crippen molar-refractivity contribution in [3.8, 4) is 0 Å². The van der Waals surface area contributed by atoms with E-state index in [4.69, 9.17) is 4.74 Å². The number of halogens is 1. The zero-order chi connectivity index (χ0) is 8.97. The number of hydrogen-bond acceptors (Lipinski definition) is 2. The zero-order valence-electron chi connectivity index (χ0n) is 7.92. The van der Waals surface area contributed by atoms with Crippen LogP contribution < -0.4 is 0 Å². The molecule has 0 aromatic heterocycles. The Balaban J connectivity index is 2.46. The van der Waals surface area contributed by atoms with Gasteiger partial charge < -0.3 is 4.74 Å². The molecular weight excluding hydrogens is 218 g/mol. The third kappa shape index (κ3) is 2.44. The monoisotopic (exact) mass is 235 g/mol. The van der Waals surface area contributed by atoms with Crippen molar-refractivity contribution in [1.82, 2.24) is 4.90 Å². The summed E-state index contributed by atoms with van der Waals surface area (Å²) in [5.41, 5.74) is 0. The van der Waals surface area contributed by atoms with E-state index in [-0.39, 0.29) is 0 Å². The van der Waals surface area contributed by atoms with Crippen molar-refractivity contribution in [3.63, 3.8) is 0 Å². The van der Waals surface area contributed by atoms with Crippen LogP contribution >= 0.6 is 15.9 Å². The molecule has 3 heteroatoms. The van der Waals surface area contributed by atoms with Gasteiger partial charge in [0, 0.05) is 24.0 Å². The van der Waals surface area contributed by atoms with Crippen molar-refractivity contribution in [1.29, 1.82) is 0 Å². The van der Waals surface area contributed by atoms with E-state index in [0.29, 0.717) is 12.1 Å². The minimum atomic E-state index is 0.577. The second-order valence-corrected chi connectivity index (χ2v) is 4.03. The fourth-order valence-corrected chi connectivity index (χ4v) is 2.17. The first-order chi connectivity index (χ1) is 5.79. The minimum absolute atomic E-state index is 0.577. The quantitative estimate of drug-likeness (QED) is 0.694. The van der Waals surface area contributed by atoms with E-state index in [1.54, 1.807) is 0 Å². The molecule has 0 bridgehead atoms. The second kappa shape index (κ2) is 5.20. The van der Waals surface area contributed by atoms with E-state index < -0.39 is 0 Å². The highest BCUT2D eigenvalue weighted by atomic mass is 79.9. The summed E-state index contributed by atoms with van der Waals surface area (Å²) < 4.78 is 5.43. The summed E-state index contributed by atoms with van der Waals surface area (Å²) in [4.78, 5) is 2.54. The molecule has 1 heterocycles. The van der Waals surface area contributed by atoms with Crippen molar-refractivity contribution in [2.24, 2.45) is 0 Å². The number of nitrogens with zero attached hydrogens (tertiary/aromatic N) is 1. The highest BCUT2D eigenvalue weighted by Crippen LogP contribution is 2.14. The van der Waals surface area contributed by atoms with Gasteiger partial charge in [0.05, 0.1) is 13.2 Å². The van der Waals surface area contributed by atoms with Gasteiger partial charge in [0.2, 0.25) is 0 Å². The zero-order valence-corrected chi connectivity index (χ0v) is 9.51. The van der Waals surface area contributed by atoms with Gasteiger partial charge in [-0.25, -0.2) is 0 Å². The molecule has 0 N–H and O–H groups in total. The van der Waals surface area contributed by atoms with Crippen LogP contribution in [0.15, 0.2) is 0 Å². The van der Waals surface area contributed by atoms with Gasteiger partial charge in [0.15, 0.2) is 0 Å². The molecule has 72 valence electrons. The molecule has 12 heavy (non-hydrogen) atoms. The third-order valence-electron chi connectivity index (χ3n) is 2.61. The molecule has 0 aliphatic carbocycles. The molecule has 2 atom stereocenters. The minimum Gasteiger partial charge on any atom is -0.378 e. The van der Waals surface area contributed by atoms with Gasteiger partial charge in [-0.05, 0) is 13.3 Å². The lowest BCUT2D eigenvalue weighted by Crippen LogP contribution is -2.50. The van der Waals surface area contributed by atoms with Crippen LogP contribution in [0.25, 0.3) is 0 Å². The standard InChI is InChI=1S/C9H18BrNO/c1-3-8(2)11-4-5-12-7-9(11)6-10/h8-9H,3-7H2,1-2H3.